The SMILES string of the molecule is O=C(O)c1cc([N+](=O)[O-])ccc1NC1CC2CCC1O2. The molecule has 3 rings (SSSR count). The van der Waals surface area contributed by atoms with Crippen LogP contribution < -0.4 is 5.32 Å². The van der Waals surface area contributed by atoms with Gasteiger partial charge in [-0.1, -0.05) is 0 Å². The van der Waals surface area contributed by atoms with Gasteiger partial charge in [0.1, 0.15) is 0 Å². The first kappa shape index (κ1) is 12.9. The maximum atomic E-state index is 11.2. The van der Waals surface area contributed by atoms with E-state index in [0.29, 0.717) is 5.69 Å². The molecule has 2 fully saturated rings. The van der Waals surface area contributed by atoms with Gasteiger partial charge in [-0.2, -0.15) is 0 Å². The number of carboxylic acids is 1. The number of ether oxygens (including phenoxy) is 1. The summed E-state index contributed by atoms with van der Waals surface area (Å²) in [5, 5.41) is 23.1. The van der Waals surface area contributed by atoms with Crippen molar-refractivity contribution in [2.24, 2.45) is 0 Å². The number of rotatable bonds is 4. The van der Waals surface area contributed by atoms with Crippen LogP contribution in [0.25, 0.3) is 0 Å². The predicted molar refractivity (Wildman–Crippen MR) is 70.0 cm³/mol. The molecule has 2 saturated heterocycles. The van der Waals surface area contributed by atoms with Gasteiger partial charge < -0.3 is 15.2 Å². The summed E-state index contributed by atoms with van der Waals surface area (Å²) in [4.78, 5) is 21.3. The van der Waals surface area contributed by atoms with Gasteiger partial charge >= 0.3 is 5.97 Å². The predicted octanol–water partition coefficient (Wildman–Crippen LogP) is 2.02. The zero-order valence-corrected chi connectivity index (χ0v) is 10.6. The molecule has 7 nitrogen and oxygen atoms in total. The first-order chi connectivity index (χ1) is 9.54. The molecule has 1 aromatic carbocycles. The number of hydrogen-bond acceptors (Lipinski definition) is 5. The third kappa shape index (κ3) is 2.20. The fraction of sp³-hybridized carbons (Fsp3) is 0.462. The highest BCUT2D eigenvalue weighted by Gasteiger charge is 2.41. The second-order valence-electron chi connectivity index (χ2n) is 5.15. The highest BCUT2D eigenvalue weighted by Crippen LogP contribution is 2.36. The van der Waals surface area contributed by atoms with E-state index >= 15 is 0 Å². The lowest BCUT2D eigenvalue weighted by Gasteiger charge is -2.22. The zero-order valence-electron chi connectivity index (χ0n) is 10.6. The average molecular weight is 278 g/mol. The Bertz CT molecular complexity index is 574. The van der Waals surface area contributed by atoms with Crippen molar-refractivity contribution in [1.82, 2.24) is 0 Å². The molecule has 0 amide bonds. The van der Waals surface area contributed by atoms with E-state index in [2.05, 4.69) is 5.32 Å². The third-order valence-electron chi connectivity index (χ3n) is 3.89. The van der Waals surface area contributed by atoms with Crippen LogP contribution >= 0.6 is 0 Å². The quantitative estimate of drug-likeness (QED) is 0.645. The molecule has 3 unspecified atom stereocenters. The van der Waals surface area contributed by atoms with Crippen molar-refractivity contribution in [1.29, 1.82) is 0 Å². The van der Waals surface area contributed by atoms with E-state index in [9.17, 15) is 20.0 Å². The summed E-state index contributed by atoms with van der Waals surface area (Å²) < 4.78 is 5.70. The van der Waals surface area contributed by atoms with Crippen LogP contribution in [0.2, 0.25) is 0 Å². The number of hydrogen-bond donors (Lipinski definition) is 2. The normalized spacial score (nSPS) is 27.5. The largest absolute Gasteiger partial charge is 0.478 e. The molecule has 2 aliphatic heterocycles. The van der Waals surface area contributed by atoms with Crippen LogP contribution in [-0.4, -0.2) is 34.2 Å². The number of aromatic carboxylic acids is 1. The molecule has 0 radical (unpaired) electrons. The summed E-state index contributed by atoms with van der Waals surface area (Å²) in [5.74, 6) is -1.18. The maximum absolute atomic E-state index is 11.2. The van der Waals surface area contributed by atoms with Crippen molar-refractivity contribution in [2.45, 2.75) is 37.5 Å². The van der Waals surface area contributed by atoms with Gasteiger partial charge in [-0.3, -0.25) is 10.1 Å². The number of anilines is 1. The first-order valence-electron chi connectivity index (χ1n) is 6.48. The minimum atomic E-state index is -1.18. The van der Waals surface area contributed by atoms with Crippen LogP contribution in [0.5, 0.6) is 0 Å². The molecule has 2 bridgehead atoms. The molecule has 2 aliphatic rings. The number of benzene rings is 1. The van der Waals surface area contributed by atoms with Gasteiger partial charge in [0.25, 0.3) is 5.69 Å². The second-order valence-corrected chi connectivity index (χ2v) is 5.15. The molecule has 20 heavy (non-hydrogen) atoms. The number of carboxylic acid groups (broad SMARTS) is 1. The van der Waals surface area contributed by atoms with Crippen LogP contribution in [0.1, 0.15) is 29.6 Å². The molecule has 1 aromatic rings. The Morgan fingerprint density at radius 2 is 2.25 bits per heavy atom. The number of carbonyl (C=O) groups is 1. The van der Waals surface area contributed by atoms with Crippen molar-refractivity contribution in [3.8, 4) is 0 Å². The summed E-state index contributed by atoms with van der Waals surface area (Å²) in [7, 11) is 0. The molecule has 0 spiro atoms. The number of nitro groups is 1. The van der Waals surface area contributed by atoms with Crippen LogP contribution in [0.4, 0.5) is 11.4 Å². The fourth-order valence-corrected chi connectivity index (χ4v) is 2.94. The van der Waals surface area contributed by atoms with Crippen molar-refractivity contribution in [2.75, 3.05) is 5.32 Å². The highest BCUT2D eigenvalue weighted by molar-refractivity contribution is 5.95. The number of fused-ring (bicyclic) bond motifs is 2. The molecule has 2 N–H and O–H groups in total. The molecule has 3 atom stereocenters. The topological polar surface area (TPSA) is 102 Å². The molecular formula is C13H14N2O5. The molecule has 0 aliphatic carbocycles. The molecular weight excluding hydrogens is 264 g/mol. The van der Waals surface area contributed by atoms with Crippen molar-refractivity contribution >= 4 is 17.3 Å². The maximum Gasteiger partial charge on any atom is 0.338 e. The highest BCUT2D eigenvalue weighted by atomic mass is 16.6. The number of non-ortho nitro benzene ring substituents is 1. The molecule has 0 aromatic heterocycles. The zero-order chi connectivity index (χ0) is 14.3. The van der Waals surface area contributed by atoms with E-state index in [4.69, 9.17) is 4.74 Å². The van der Waals surface area contributed by atoms with Crippen molar-refractivity contribution < 1.29 is 19.6 Å². The van der Waals surface area contributed by atoms with Gasteiger partial charge in [-0.25, -0.2) is 4.79 Å². The van der Waals surface area contributed by atoms with Crippen LogP contribution in [0.15, 0.2) is 18.2 Å². The molecule has 106 valence electrons. The van der Waals surface area contributed by atoms with E-state index in [-0.39, 0.29) is 29.5 Å². The van der Waals surface area contributed by atoms with Crippen LogP contribution in [0.3, 0.4) is 0 Å². The number of nitro benzene ring substituents is 1. The Labute approximate surface area is 114 Å². The smallest absolute Gasteiger partial charge is 0.338 e. The minimum Gasteiger partial charge on any atom is -0.478 e. The lowest BCUT2D eigenvalue weighted by molar-refractivity contribution is -0.384. The average Bonchev–Trinajstić information content (AvgIpc) is 3.01. The van der Waals surface area contributed by atoms with E-state index in [1.807, 2.05) is 0 Å². The summed E-state index contributed by atoms with van der Waals surface area (Å²) in [6, 6.07) is 3.92. The Morgan fingerprint density at radius 3 is 2.80 bits per heavy atom. The van der Waals surface area contributed by atoms with E-state index in [1.54, 1.807) is 0 Å². The van der Waals surface area contributed by atoms with Crippen molar-refractivity contribution in [3.63, 3.8) is 0 Å². The lowest BCUT2D eigenvalue weighted by Crippen LogP contribution is -2.31. The summed E-state index contributed by atoms with van der Waals surface area (Å²) >= 11 is 0. The van der Waals surface area contributed by atoms with Gasteiger partial charge in [-0.15, -0.1) is 0 Å². The standard InChI is InChI=1S/C13H14N2O5/c16-13(17)9-5-7(15(18)19)1-3-10(9)14-11-6-8-2-4-12(11)20-8/h1,3,5,8,11-12,14H,2,4,6H2,(H,16,17). The number of nitrogens with one attached hydrogen (secondary N) is 1. The van der Waals surface area contributed by atoms with E-state index < -0.39 is 10.9 Å². The van der Waals surface area contributed by atoms with E-state index in [1.165, 1.54) is 12.1 Å². The first-order valence-corrected chi connectivity index (χ1v) is 6.48. The monoisotopic (exact) mass is 278 g/mol. The summed E-state index contributed by atoms with van der Waals surface area (Å²) in [5.41, 5.74) is 0.100. The van der Waals surface area contributed by atoms with Crippen LogP contribution in [0, 0.1) is 10.1 Å². The Balaban J connectivity index is 1.85. The van der Waals surface area contributed by atoms with Crippen molar-refractivity contribution in [3.05, 3.63) is 33.9 Å². The van der Waals surface area contributed by atoms with Crippen LogP contribution in [-0.2, 0) is 4.74 Å². The fourth-order valence-electron chi connectivity index (χ4n) is 2.94. The Kier molecular flexibility index (Phi) is 3.06. The Hall–Kier alpha value is -2.15. The van der Waals surface area contributed by atoms with Gasteiger partial charge in [0, 0.05) is 17.8 Å². The second kappa shape index (κ2) is 4.75. The molecule has 2 heterocycles. The molecule has 7 heteroatoms. The van der Waals surface area contributed by atoms with Gasteiger partial charge in [-0.05, 0) is 25.3 Å². The van der Waals surface area contributed by atoms with Gasteiger partial charge in [0.05, 0.1) is 28.7 Å². The van der Waals surface area contributed by atoms with E-state index in [0.717, 1.165) is 25.3 Å². The van der Waals surface area contributed by atoms with Gasteiger partial charge in [0.2, 0.25) is 0 Å². The molecule has 0 saturated carbocycles. The minimum absolute atomic E-state index is 0.0771. The van der Waals surface area contributed by atoms with Gasteiger partial charge in [0.15, 0.2) is 0 Å². The lowest BCUT2D eigenvalue weighted by atomic mass is 9.95. The third-order valence-corrected chi connectivity index (χ3v) is 3.89. The number of nitrogens with zero attached hydrogens (tertiary/aromatic N) is 1. The Morgan fingerprint density at radius 1 is 1.45 bits per heavy atom. The summed E-state index contributed by atoms with van der Waals surface area (Å²) in [6.45, 7) is 0. The summed E-state index contributed by atoms with van der Waals surface area (Å²) in [6.07, 6.45) is 3.23.